The number of rotatable bonds is 9. The van der Waals surface area contributed by atoms with Gasteiger partial charge in [0.1, 0.15) is 23.9 Å². The fraction of sp³-hybridized carbons (Fsp3) is 0.227. The first-order valence-electron chi connectivity index (χ1n) is 9.17. The van der Waals surface area contributed by atoms with Crippen molar-refractivity contribution < 1.29 is 22.7 Å². The molecule has 0 saturated heterocycles. The highest BCUT2D eigenvalue weighted by Gasteiger charge is 2.18. The number of methoxy groups -OCH3 is 1. The van der Waals surface area contributed by atoms with Gasteiger partial charge in [-0.25, -0.2) is 8.42 Å². The van der Waals surface area contributed by atoms with Crippen molar-refractivity contribution in [3.63, 3.8) is 0 Å². The third-order valence-electron chi connectivity index (χ3n) is 4.34. The van der Waals surface area contributed by atoms with Crippen molar-refractivity contribution in [3.05, 3.63) is 72.3 Å². The van der Waals surface area contributed by atoms with Crippen LogP contribution in [0.15, 0.2) is 66.7 Å². The van der Waals surface area contributed by atoms with E-state index in [1.54, 1.807) is 37.4 Å². The standard InChI is InChI=1S/C22H23NO5S/c1-27-19-9-5-10-20(14-19)28-13-12-23-22(24)16-29(25,26)15-18-8-4-7-17-6-2-3-11-21(17)18/h2-11,14H,12-13,15-16H2,1H3,(H,23,24). The highest BCUT2D eigenvalue weighted by molar-refractivity contribution is 7.91. The minimum Gasteiger partial charge on any atom is -0.497 e. The SMILES string of the molecule is COc1cccc(OCCNC(=O)CS(=O)(=O)Cc2cccc3ccccc23)c1. The van der Waals surface area contributed by atoms with Gasteiger partial charge in [-0.05, 0) is 28.5 Å². The van der Waals surface area contributed by atoms with Gasteiger partial charge in [-0.15, -0.1) is 0 Å². The molecule has 0 aliphatic heterocycles. The maximum absolute atomic E-state index is 12.5. The third-order valence-corrected chi connectivity index (χ3v) is 5.79. The smallest absolute Gasteiger partial charge is 0.235 e. The van der Waals surface area contributed by atoms with Crippen LogP contribution in [0.3, 0.4) is 0 Å². The zero-order valence-electron chi connectivity index (χ0n) is 16.1. The lowest BCUT2D eigenvalue weighted by Crippen LogP contribution is -2.33. The number of hydrogen-bond acceptors (Lipinski definition) is 5. The number of carbonyl (C=O) groups excluding carboxylic acids is 1. The van der Waals surface area contributed by atoms with Gasteiger partial charge in [0.25, 0.3) is 0 Å². The largest absolute Gasteiger partial charge is 0.497 e. The topological polar surface area (TPSA) is 81.7 Å². The monoisotopic (exact) mass is 413 g/mol. The molecule has 0 bridgehead atoms. The predicted octanol–water partition coefficient (Wildman–Crippen LogP) is 2.96. The van der Waals surface area contributed by atoms with Gasteiger partial charge in [-0.2, -0.15) is 0 Å². The fourth-order valence-corrected chi connectivity index (χ4v) is 4.34. The second-order valence-electron chi connectivity index (χ2n) is 6.55. The highest BCUT2D eigenvalue weighted by atomic mass is 32.2. The van der Waals surface area contributed by atoms with Gasteiger partial charge in [-0.3, -0.25) is 4.79 Å². The maximum Gasteiger partial charge on any atom is 0.235 e. The summed E-state index contributed by atoms with van der Waals surface area (Å²) in [6, 6.07) is 20.2. The van der Waals surface area contributed by atoms with Crippen molar-refractivity contribution >= 4 is 26.5 Å². The lowest BCUT2D eigenvalue weighted by Gasteiger charge is -2.10. The predicted molar refractivity (Wildman–Crippen MR) is 113 cm³/mol. The van der Waals surface area contributed by atoms with Crippen LogP contribution in [0.1, 0.15) is 5.56 Å². The molecule has 0 aliphatic rings. The van der Waals surface area contributed by atoms with Gasteiger partial charge in [0.15, 0.2) is 9.84 Å². The van der Waals surface area contributed by atoms with Crippen LogP contribution in [0.4, 0.5) is 0 Å². The molecule has 1 N–H and O–H groups in total. The van der Waals surface area contributed by atoms with Crippen LogP contribution in [0.25, 0.3) is 10.8 Å². The minimum atomic E-state index is -3.59. The molecule has 0 aliphatic carbocycles. The third kappa shape index (κ3) is 5.96. The summed E-state index contributed by atoms with van der Waals surface area (Å²) in [5, 5.41) is 4.44. The second-order valence-corrected chi connectivity index (χ2v) is 8.61. The Morgan fingerprint density at radius 2 is 1.69 bits per heavy atom. The fourth-order valence-electron chi connectivity index (χ4n) is 3.01. The van der Waals surface area contributed by atoms with Crippen LogP contribution in [0, 0.1) is 0 Å². The average Bonchev–Trinajstić information content (AvgIpc) is 2.71. The quantitative estimate of drug-likeness (QED) is 0.546. The summed E-state index contributed by atoms with van der Waals surface area (Å²) in [7, 11) is -2.03. The van der Waals surface area contributed by atoms with E-state index in [1.807, 2.05) is 36.4 Å². The average molecular weight is 413 g/mol. The summed E-state index contributed by atoms with van der Waals surface area (Å²) in [5.74, 6) is 0.00463. The second kappa shape index (κ2) is 9.43. The molecule has 3 rings (SSSR count). The number of sulfone groups is 1. The first-order valence-corrected chi connectivity index (χ1v) is 11.0. The zero-order chi connectivity index (χ0) is 20.7. The van der Waals surface area contributed by atoms with Crippen LogP contribution in [-0.2, 0) is 20.4 Å². The van der Waals surface area contributed by atoms with Crippen molar-refractivity contribution in [2.45, 2.75) is 5.75 Å². The Morgan fingerprint density at radius 1 is 0.966 bits per heavy atom. The van der Waals surface area contributed by atoms with Crippen molar-refractivity contribution in [3.8, 4) is 11.5 Å². The van der Waals surface area contributed by atoms with E-state index in [9.17, 15) is 13.2 Å². The van der Waals surface area contributed by atoms with Gasteiger partial charge >= 0.3 is 0 Å². The van der Waals surface area contributed by atoms with Crippen molar-refractivity contribution in [2.24, 2.45) is 0 Å². The Bertz CT molecular complexity index is 1090. The molecule has 0 unspecified atom stereocenters. The first kappa shape index (κ1) is 20.7. The molecular formula is C22H23NO5S. The Labute approximate surface area is 170 Å². The molecule has 6 nitrogen and oxygen atoms in total. The molecule has 0 radical (unpaired) electrons. The molecule has 0 saturated carbocycles. The lowest BCUT2D eigenvalue weighted by molar-refractivity contribution is -0.118. The van der Waals surface area contributed by atoms with E-state index in [0.717, 1.165) is 10.8 Å². The molecule has 0 atom stereocenters. The summed E-state index contributed by atoms with van der Waals surface area (Å²) in [4.78, 5) is 12.1. The van der Waals surface area contributed by atoms with E-state index in [0.29, 0.717) is 17.1 Å². The van der Waals surface area contributed by atoms with Crippen LogP contribution in [0.5, 0.6) is 11.5 Å². The van der Waals surface area contributed by atoms with Crippen LogP contribution in [-0.4, -0.2) is 40.3 Å². The molecule has 0 heterocycles. The molecule has 0 fully saturated rings. The lowest BCUT2D eigenvalue weighted by atomic mass is 10.1. The van der Waals surface area contributed by atoms with Crippen LogP contribution in [0.2, 0.25) is 0 Å². The number of amides is 1. The normalized spacial score (nSPS) is 11.2. The Kier molecular flexibility index (Phi) is 6.72. The molecule has 152 valence electrons. The van der Waals surface area contributed by atoms with Gasteiger partial charge in [0.2, 0.25) is 5.91 Å². The number of benzene rings is 3. The van der Waals surface area contributed by atoms with Crippen molar-refractivity contribution in [2.75, 3.05) is 26.0 Å². The number of carbonyl (C=O) groups is 1. The van der Waals surface area contributed by atoms with E-state index in [1.165, 1.54) is 0 Å². The van der Waals surface area contributed by atoms with E-state index in [-0.39, 0.29) is 18.9 Å². The molecular weight excluding hydrogens is 390 g/mol. The molecule has 0 aromatic heterocycles. The highest BCUT2D eigenvalue weighted by Crippen LogP contribution is 2.21. The Balaban J connectivity index is 1.50. The first-order chi connectivity index (χ1) is 14.0. The van der Waals surface area contributed by atoms with Gasteiger partial charge < -0.3 is 14.8 Å². The van der Waals surface area contributed by atoms with Crippen molar-refractivity contribution in [1.82, 2.24) is 5.32 Å². The Morgan fingerprint density at radius 3 is 2.52 bits per heavy atom. The summed E-state index contributed by atoms with van der Waals surface area (Å²) < 4.78 is 35.6. The summed E-state index contributed by atoms with van der Waals surface area (Å²) in [5.41, 5.74) is 0.692. The van der Waals surface area contributed by atoms with Gasteiger partial charge in [0.05, 0.1) is 19.4 Å². The number of hydrogen-bond donors (Lipinski definition) is 1. The van der Waals surface area contributed by atoms with E-state index in [2.05, 4.69) is 5.32 Å². The van der Waals surface area contributed by atoms with Gasteiger partial charge in [0, 0.05) is 6.07 Å². The van der Waals surface area contributed by atoms with Gasteiger partial charge in [-0.1, -0.05) is 48.5 Å². The zero-order valence-corrected chi connectivity index (χ0v) is 16.9. The van der Waals surface area contributed by atoms with Crippen LogP contribution >= 0.6 is 0 Å². The van der Waals surface area contributed by atoms with Crippen LogP contribution < -0.4 is 14.8 Å². The van der Waals surface area contributed by atoms with E-state index >= 15 is 0 Å². The summed E-state index contributed by atoms with van der Waals surface area (Å²) >= 11 is 0. The summed E-state index contributed by atoms with van der Waals surface area (Å²) in [6.45, 7) is 0.433. The molecule has 1 amide bonds. The number of fused-ring (bicyclic) bond motifs is 1. The number of nitrogens with one attached hydrogen (secondary N) is 1. The number of ether oxygens (including phenoxy) is 2. The molecule has 3 aromatic rings. The molecule has 7 heteroatoms. The Hall–Kier alpha value is -3.06. The molecule has 0 spiro atoms. The van der Waals surface area contributed by atoms with E-state index in [4.69, 9.17) is 9.47 Å². The van der Waals surface area contributed by atoms with E-state index < -0.39 is 21.5 Å². The maximum atomic E-state index is 12.5. The molecule has 3 aromatic carbocycles. The van der Waals surface area contributed by atoms with Crippen molar-refractivity contribution in [1.29, 1.82) is 0 Å². The summed E-state index contributed by atoms with van der Waals surface area (Å²) in [6.07, 6.45) is 0. The molecule has 29 heavy (non-hydrogen) atoms. The minimum absolute atomic E-state index is 0.178.